The maximum Gasteiger partial charge on any atom is 0.307 e. The summed E-state index contributed by atoms with van der Waals surface area (Å²) >= 11 is 0. The van der Waals surface area contributed by atoms with Crippen molar-refractivity contribution in [3.05, 3.63) is 47.7 Å². The fourth-order valence-corrected chi connectivity index (χ4v) is 2.32. The molecule has 0 bridgehead atoms. The third kappa shape index (κ3) is 2.27. The van der Waals surface area contributed by atoms with Crippen LogP contribution in [0.3, 0.4) is 0 Å². The zero-order valence-electron chi connectivity index (χ0n) is 10.9. The molecule has 0 fully saturated rings. The van der Waals surface area contributed by atoms with E-state index < -0.39 is 5.97 Å². The van der Waals surface area contributed by atoms with Crippen LogP contribution >= 0.6 is 0 Å². The molecule has 0 unspecified atom stereocenters. The van der Waals surface area contributed by atoms with E-state index in [9.17, 15) is 4.79 Å². The minimum absolute atomic E-state index is 0.00121. The smallest absolute Gasteiger partial charge is 0.307 e. The standard InChI is InChI=1S/C14H13N3O3/c1-9-15-13(16-20-9)8-17-7-10(6-14(18)19)11-4-2-3-5-12(11)17/h2-5,7H,6,8H2,1H3,(H,18,19). The van der Waals surface area contributed by atoms with Crippen LogP contribution in [-0.4, -0.2) is 25.8 Å². The molecular formula is C14H13N3O3. The monoisotopic (exact) mass is 271 g/mol. The highest BCUT2D eigenvalue weighted by Crippen LogP contribution is 2.22. The molecule has 3 rings (SSSR count). The minimum atomic E-state index is -0.844. The first-order valence-corrected chi connectivity index (χ1v) is 6.21. The van der Waals surface area contributed by atoms with Gasteiger partial charge >= 0.3 is 5.97 Å². The Morgan fingerprint density at radius 3 is 2.90 bits per heavy atom. The number of rotatable bonds is 4. The molecular weight excluding hydrogens is 258 g/mol. The molecule has 0 saturated heterocycles. The SMILES string of the molecule is Cc1nc(Cn2cc(CC(=O)O)c3ccccc32)no1. The summed E-state index contributed by atoms with van der Waals surface area (Å²) in [5.41, 5.74) is 1.75. The molecule has 2 aromatic heterocycles. The van der Waals surface area contributed by atoms with Gasteiger partial charge in [-0.25, -0.2) is 0 Å². The van der Waals surface area contributed by atoms with Gasteiger partial charge < -0.3 is 14.2 Å². The minimum Gasteiger partial charge on any atom is -0.481 e. The second kappa shape index (κ2) is 4.80. The van der Waals surface area contributed by atoms with E-state index >= 15 is 0 Å². The Labute approximate surface area is 114 Å². The molecule has 6 nitrogen and oxygen atoms in total. The number of para-hydroxylation sites is 1. The number of carboxylic acid groups (broad SMARTS) is 1. The summed E-state index contributed by atoms with van der Waals surface area (Å²) in [6, 6.07) is 7.70. The molecule has 0 aliphatic carbocycles. The number of hydrogen-bond acceptors (Lipinski definition) is 4. The second-order valence-electron chi connectivity index (χ2n) is 4.60. The molecule has 20 heavy (non-hydrogen) atoms. The van der Waals surface area contributed by atoms with Crippen LogP contribution in [0.15, 0.2) is 35.0 Å². The predicted molar refractivity (Wildman–Crippen MR) is 71.4 cm³/mol. The highest BCUT2D eigenvalue weighted by atomic mass is 16.5. The van der Waals surface area contributed by atoms with Crippen molar-refractivity contribution in [2.75, 3.05) is 0 Å². The fraction of sp³-hybridized carbons (Fsp3) is 0.214. The van der Waals surface area contributed by atoms with E-state index in [1.54, 1.807) is 6.92 Å². The third-order valence-corrected chi connectivity index (χ3v) is 3.09. The summed E-state index contributed by atoms with van der Waals surface area (Å²) in [6.45, 7) is 2.19. The molecule has 0 amide bonds. The van der Waals surface area contributed by atoms with Crippen LogP contribution in [0.4, 0.5) is 0 Å². The van der Waals surface area contributed by atoms with Crippen molar-refractivity contribution in [2.24, 2.45) is 0 Å². The number of carbonyl (C=O) groups is 1. The van der Waals surface area contributed by atoms with Gasteiger partial charge in [0.25, 0.3) is 0 Å². The van der Waals surface area contributed by atoms with Gasteiger partial charge in [0.2, 0.25) is 5.89 Å². The summed E-state index contributed by atoms with van der Waals surface area (Å²) in [5, 5.41) is 13.8. The van der Waals surface area contributed by atoms with Crippen molar-refractivity contribution < 1.29 is 14.4 Å². The number of carboxylic acids is 1. The summed E-state index contributed by atoms with van der Waals surface area (Å²) in [6.07, 6.45) is 1.84. The lowest BCUT2D eigenvalue weighted by Crippen LogP contribution is -2.01. The van der Waals surface area contributed by atoms with Crippen LogP contribution < -0.4 is 0 Å². The van der Waals surface area contributed by atoms with Crippen LogP contribution in [0.2, 0.25) is 0 Å². The number of aliphatic carboxylic acids is 1. The molecule has 0 spiro atoms. The van der Waals surface area contributed by atoms with Crippen molar-refractivity contribution in [3.63, 3.8) is 0 Å². The van der Waals surface area contributed by atoms with Gasteiger partial charge in [-0.3, -0.25) is 4.79 Å². The van der Waals surface area contributed by atoms with Crippen molar-refractivity contribution in [3.8, 4) is 0 Å². The summed E-state index contributed by atoms with van der Waals surface area (Å²) in [4.78, 5) is 15.1. The van der Waals surface area contributed by atoms with E-state index in [4.69, 9.17) is 9.63 Å². The summed E-state index contributed by atoms with van der Waals surface area (Å²) in [7, 11) is 0. The summed E-state index contributed by atoms with van der Waals surface area (Å²) < 4.78 is 6.89. The van der Waals surface area contributed by atoms with Crippen molar-refractivity contribution >= 4 is 16.9 Å². The lowest BCUT2D eigenvalue weighted by atomic mass is 10.1. The molecule has 0 saturated carbocycles. The Morgan fingerprint density at radius 2 is 2.20 bits per heavy atom. The van der Waals surface area contributed by atoms with Gasteiger partial charge in [-0.15, -0.1) is 0 Å². The van der Waals surface area contributed by atoms with E-state index in [1.165, 1.54) is 0 Å². The molecule has 0 atom stereocenters. The number of fused-ring (bicyclic) bond motifs is 1. The second-order valence-corrected chi connectivity index (χ2v) is 4.60. The maximum absolute atomic E-state index is 10.9. The first-order valence-electron chi connectivity index (χ1n) is 6.21. The molecule has 0 radical (unpaired) electrons. The number of nitrogens with zero attached hydrogens (tertiary/aromatic N) is 3. The maximum atomic E-state index is 10.9. The first-order chi connectivity index (χ1) is 9.63. The molecule has 1 aromatic carbocycles. The zero-order chi connectivity index (χ0) is 14.1. The Balaban J connectivity index is 2.04. The van der Waals surface area contributed by atoms with Crippen molar-refractivity contribution in [1.82, 2.24) is 14.7 Å². The molecule has 2 heterocycles. The molecule has 102 valence electrons. The third-order valence-electron chi connectivity index (χ3n) is 3.09. The Morgan fingerprint density at radius 1 is 1.40 bits per heavy atom. The van der Waals surface area contributed by atoms with Gasteiger partial charge in [0.05, 0.1) is 13.0 Å². The zero-order valence-corrected chi connectivity index (χ0v) is 10.9. The van der Waals surface area contributed by atoms with Gasteiger partial charge in [0.1, 0.15) is 0 Å². The average molecular weight is 271 g/mol. The number of hydrogen-bond donors (Lipinski definition) is 1. The van der Waals surface area contributed by atoms with Gasteiger partial charge in [-0.1, -0.05) is 23.4 Å². The molecule has 1 N–H and O–H groups in total. The van der Waals surface area contributed by atoms with Crippen LogP contribution in [0.1, 0.15) is 17.3 Å². The first kappa shape index (κ1) is 12.4. The molecule has 6 heteroatoms. The highest BCUT2D eigenvalue weighted by molar-refractivity contribution is 5.87. The van der Waals surface area contributed by atoms with E-state index in [0.29, 0.717) is 18.3 Å². The average Bonchev–Trinajstić information content (AvgIpc) is 2.95. The van der Waals surface area contributed by atoms with Crippen LogP contribution in [-0.2, 0) is 17.8 Å². The molecule has 0 aliphatic rings. The summed E-state index contributed by atoms with van der Waals surface area (Å²) in [5.74, 6) is 0.246. The molecule has 0 aliphatic heterocycles. The normalized spacial score (nSPS) is 11.1. The Bertz CT molecular complexity index is 773. The van der Waals surface area contributed by atoms with Crippen LogP contribution in [0, 0.1) is 6.92 Å². The number of aromatic nitrogens is 3. The topological polar surface area (TPSA) is 81.2 Å². The van der Waals surface area contributed by atoms with E-state index in [1.807, 2.05) is 35.0 Å². The number of aryl methyl sites for hydroxylation is 1. The highest BCUT2D eigenvalue weighted by Gasteiger charge is 2.12. The van der Waals surface area contributed by atoms with Crippen LogP contribution in [0.25, 0.3) is 10.9 Å². The van der Waals surface area contributed by atoms with Gasteiger partial charge in [0, 0.05) is 24.0 Å². The Kier molecular flexibility index (Phi) is 2.98. The van der Waals surface area contributed by atoms with Crippen molar-refractivity contribution in [2.45, 2.75) is 19.9 Å². The van der Waals surface area contributed by atoms with Gasteiger partial charge in [-0.2, -0.15) is 4.98 Å². The lowest BCUT2D eigenvalue weighted by molar-refractivity contribution is -0.136. The lowest BCUT2D eigenvalue weighted by Gasteiger charge is -2.00. The van der Waals surface area contributed by atoms with Gasteiger partial charge in [-0.05, 0) is 11.6 Å². The molecule has 3 aromatic rings. The predicted octanol–water partition coefficient (Wildman–Crippen LogP) is 2.01. The number of benzene rings is 1. The largest absolute Gasteiger partial charge is 0.481 e. The Hall–Kier alpha value is -2.63. The van der Waals surface area contributed by atoms with E-state index in [0.717, 1.165) is 16.5 Å². The van der Waals surface area contributed by atoms with Gasteiger partial charge in [0.15, 0.2) is 5.82 Å². The van der Waals surface area contributed by atoms with Crippen LogP contribution in [0.5, 0.6) is 0 Å². The van der Waals surface area contributed by atoms with E-state index in [2.05, 4.69) is 10.1 Å². The fourth-order valence-electron chi connectivity index (χ4n) is 2.32. The van der Waals surface area contributed by atoms with Crippen molar-refractivity contribution in [1.29, 1.82) is 0 Å². The van der Waals surface area contributed by atoms with E-state index in [-0.39, 0.29) is 6.42 Å². The quantitative estimate of drug-likeness (QED) is 0.785.